The van der Waals surface area contributed by atoms with Gasteiger partial charge in [-0.1, -0.05) is 25.4 Å². The maximum atomic E-state index is 13.7. The van der Waals surface area contributed by atoms with Crippen LogP contribution in [-0.2, 0) is 0 Å². The monoisotopic (exact) mass is 284 g/mol. The summed E-state index contributed by atoms with van der Waals surface area (Å²) in [4.78, 5) is 4.44. The molecule has 0 radical (unpaired) electrons. The summed E-state index contributed by atoms with van der Waals surface area (Å²) in [6.45, 7) is 4.12. The van der Waals surface area contributed by atoms with Crippen molar-refractivity contribution in [1.82, 2.24) is 4.98 Å². The highest BCUT2D eigenvalue weighted by Crippen LogP contribution is 2.28. The van der Waals surface area contributed by atoms with Gasteiger partial charge in [0.1, 0.15) is 10.8 Å². The van der Waals surface area contributed by atoms with E-state index in [1.807, 2.05) is 5.38 Å². The number of rotatable bonds is 3. The van der Waals surface area contributed by atoms with Gasteiger partial charge in [0.2, 0.25) is 0 Å². The van der Waals surface area contributed by atoms with Crippen LogP contribution in [0.2, 0.25) is 5.02 Å². The first-order valence-electron chi connectivity index (χ1n) is 5.65. The molecule has 0 amide bonds. The summed E-state index contributed by atoms with van der Waals surface area (Å²) in [7, 11) is 0. The molecule has 0 aliphatic carbocycles. The number of halogens is 2. The van der Waals surface area contributed by atoms with Crippen molar-refractivity contribution in [2.45, 2.75) is 25.8 Å². The Morgan fingerprint density at radius 2 is 2.11 bits per heavy atom. The maximum absolute atomic E-state index is 13.7. The van der Waals surface area contributed by atoms with E-state index in [9.17, 15) is 4.39 Å². The van der Waals surface area contributed by atoms with Gasteiger partial charge in [-0.25, -0.2) is 9.37 Å². The fraction of sp³-hybridized carbons (Fsp3) is 0.308. The zero-order valence-electron chi connectivity index (χ0n) is 10.2. The van der Waals surface area contributed by atoms with E-state index in [1.54, 1.807) is 6.07 Å². The molecular formula is C13H14ClFN2S. The van der Waals surface area contributed by atoms with Gasteiger partial charge in [0, 0.05) is 16.0 Å². The van der Waals surface area contributed by atoms with E-state index >= 15 is 0 Å². The third-order valence-corrected chi connectivity index (χ3v) is 3.87. The average molecular weight is 285 g/mol. The average Bonchev–Trinajstić information content (AvgIpc) is 2.81. The molecule has 2 aromatic rings. The third-order valence-electron chi connectivity index (χ3n) is 2.69. The normalized spacial score (nSPS) is 13.0. The fourth-order valence-electron chi connectivity index (χ4n) is 1.59. The molecule has 0 fully saturated rings. The number of aromatic nitrogens is 1. The van der Waals surface area contributed by atoms with Crippen molar-refractivity contribution in [1.29, 1.82) is 0 Å². The lowest BCUT2D eigenvalue weighted by molar-refractivity contribution is 0.598. The van der Waals surface area contributed by atoms with Gasteiger partial charge in [-0.05, 0) is 24.1 Å². The van der Waals surface area contributed by atoms with Gasteiger partial charge in [-0.3, -0.25) is 0 Å². The van der Waals surface area contributed by atoms with Gasteiger partial charge < -0.3 is 5.73 Å². The van der Waals surface area contributed by atoms with Crippen molar-refractivity contribution in [3.05, 3.63) is 50.7 Å². The van der Waals surface area contributed by atoms with Crippen molar-refractivity contribution in [2.24, 2.45) is 5.73 Å². The van der Waals surface area contributed by atoms with Crippen LogP contribution in [0.4, 0.5) is 4.39 Å². The molecule has 0 saturated carbocycles. The zero-order valence-corrected chi connectivity index (χ0v) is 11.7. The molecule has 96 valence electrons. The summed E-state index contributed by atoms with van der Waals surface area (Å²) >= 11 is 7.31. The second-order valence-corrected chi connectivity index (χ2v) is 5.73. The lowest BCUT2D eigenvalue weighted by atomic mass is 10.1. The van der Waals surface area contributed by atoms with Crippen LogP contribution in [0.25, 0.3) is 0 Å². The molecule has 1 atom stereocenters. The van der Waals surface area contributed by atoms with Gasteiger partial charge in [0.25, 0.3) is 0 Å². The highest BCUT2D eigenvalue weighted by atomic mass is 35.5. The lowest BCUT2D eigenvalue weighted by Gasteiger charge is -2.10. The summed E-state index contributed by atoms with van der Waals surface area (Å²) in [6, 6.07) is 3.82. The molecule has 2 nitrogen and oxygen atoms in total. The Labute approximate surface area is 115 Å². The van der Waals surface area contributed by atoms with Gasteiger partial charge in [-0.2, -0.15) is 0 Å². The number of thiazole rings is 1. The summed E-state index contributed by atoms with van der Waals surface area (Å²) in [5, 5.41) is 3.14. The minimum atomic E-state index is -0.568. The maximum Gasteiger partial charge on any atom is 0.128 e. The van der Waals surface area contributed by atoms with Crippen molar-refractivity contribution in [3.63, 3.8) is 0 Å². The standard InChI is InChI=1S/C13H14ClFN2S/c1-7(2)11-6-18-13(17-11)12(16)9-5-8(14)3-4-10(9)15/h3-7,12H,16H2,1-2H3. The van der Waals surface area contributed by atoms with E-state index in [4.69, 9.17) is 17.3 Å². The van der Waals surface area contributed by atoms with E-state index in [0.717, 1.165) is 5.69 Å². The van der Waals surface area contributed by atoms with Crippen LogP contribution in [0, 0.1) is 5.82 Å². The molecule has 1 heterocycles. The van der Waals surface area contributed by atoms with Crippen LogP contribution in [0.5, 0.6) is 0 Å². The van der Waals surface area contributed by atoms with Crippen molar-refractivity contribution >= 4 is 22.9 Å². The number of nitrogens with two attached hydrogens (primary N) is 1. The number of nitrogens with zero attached hydrogens (tertiary/aromatic N) is 1. The molecule has 2 rings (SSSR count). The fourth-order valence-corrected chi connectivity index (χ4v) is 2.77. The van der Waals surface area contributed by atoms with Crippen LogP contribution in [0.15, 0.2) is 23.6 Å². The van der Waals surface area contributed by atoms with Gasteiger partial charge in [-0.15, -0.1) is 11.3 Å². The number of benzene rings is 1. The molecule has 1 unspecified atom stereocenters. The molecule has 1 aromatic carbocycles. The second-order valence-electron chi connectivity index (χ2n) is 4.41. The second kappa shape index (κ2) is 5.34. The predicted molar refractivity (Wildman–Crippen MR) is 73.6 cm³/mol. The first-order chi connectivity index (χ1) is 8.49. The Morgan fingerprint density at radius 1 is 1.39 bits per heavy atom. The Morgan fingerprint density at radius 3 is 2.72 bits per heavy atom. The van der Waals surface area contributed by atoms with E-state index in [2.05, 4.69) is 18.8 Å². The van der Waals surface area contributed by atoms with Gasteiger partial charge in [0.15, 0.2) is 0 Å². The quantitative estimate of drug-likeness (QED) is 0.921. The minimum absolute atomic E-state index is 0.339. The van der Waals surface area contributed by atoms with Crippen LogP contribution < -0.4 is 5.73 Å². The zero-order chi connectivity index (χ0) is 13.3. The molecule has 0 aliphatic rings. The van der Waals surface area contributed by atoms with Crippen molar-refractivity contribution < 1.29 is 4.39 Å². The summed E-state index contributed by atoms with van der Waals surface area (Å²) < 4.78 is 13.7. The summed E-state index contributed by atoms with van der Waals surface area (Å²) in [5.41, 5.74) is 7.41. The highest BCUT2D eigenvalue weighted by Gasteiger charge is 2.18. The molecular weight excluding hydrogens is 271 g/mol. The van der Waals surface area contributed by atoms with Crippen LogP contribution in [-0.4, -0.2) is 4.98 Å². The highest BCUT2D eigenvalue weighted by molar-refractivity contribution is 7.09. The SMILES string of the molecule is CC(C)c1csc(C(N)c2cc(Cl)ccc2F)n1. The van der Waals surface area contributed by atoms with E-state index in [-0.39, 0.29) is 5.82 Å². The van der Waals surface area contributed by atoms with Gasteiger partial charge >= 0.3 is 0 Å². The smallest absolute Gasteiger partial charge is 0.128 e. The van der Waals surface area contributed by atoms with Crippen LogP contribution in [0.1, 0.15) is 42.1 Å². The summed E-state index contributed by atoms with van der Waals surface area (Å²) in [5.74, 6) is -0.0143. The molecule has 0 saturated heterocycles. The Bertz CT molecular complexity index is 554. The van der Waals surface area contributed by atoms with Crippen LogP contribution in [0.3, 0.4) is 0 Å². The Hall–Kier alpha value is -0.970. The molecule has 2 N–H and O–H groups in total. The predicted octanol–water partition coefficient (Wildman–Crippen LogP) is 4.11. The van der Waals surface area contributed by atoms with E-state index in [0.29, 0.717) is 21.5 Å². The molecule has 5 heteroatoms. The third kappa shape index (κ3) is 2.71. The largest absolute Gasteiger partial charge is 0.318 e. The molecule has 0 aliphatic heterocycles. The first-order valence-corrected chi connectivity index (χ1v) is 6.90. The minimum Gasteiger partial charge on any atom is -0.318 e. The topological polar surface area (TPSA) is 38.9 Å². The number of hydrogen-bond acceptors (Lipinski definition) is 3. The van der Waals surface area contributed by atoms with E-state index < -0.39 is 6.04 Å². The molecule has 0 spiro atoms. The van der Waals surface area contributed by atoms with Crippen molar-refractivity contribution in [3.8, 4) is 0 Å². The van der Waals surface area contributed by atoms with Gasteiger partial charge in [0.05, 0.1) is 11.7 Å². The first kappa shape index (κ1) is 13.5. The Balaban J connectivity index is 2.34. The molecule has 0 bridgehead atoms. The Kier molecular flexibility index (Phi) is 4.00. The number of hydrogen-bond donors (Lipinski definition) is 1. The van der Waals surface area contributed by atoms with Crippen LogP contribution >= 0.6 is 22.9 Å². The summed E-state index contributed by atoms with van der Waals surface area (Å²) in [6.07, 6.45) is 0. The molecule has 18 heavy (non-hydrogen) atoms. The molecule has 1 aromatic heterocycles. The lowest BCUT2D eigenvalue weighted by Crippen LogP contribution is -2.13. The van der Waals surface area contributed by atoms with Crippen molar-refractivity contribution in [2.75, 3.05) is 0 Å². The van der Waals surface area contributed by atoms with E-state index in [1.165, 1.54) is 23.5 Å².